The fourth-order valence-electron chi connectivity index (χ4n) is 2.02. The SMILES string of the molecule is CC(C)c1ccc(C(Cc2cccs2)NN)cc1. The summed E-state index contributed by atoms with van der Waals surface area (Å²) in [6, 6.07) is 13.1. The second kappa shape index (κ2) is 6.14. The van der Waals surface area contributed by atoms with Gasteiger partial charge < -0.3 is 0 Å². The molecule has 1 unspecified atom stereocenters. The molecule has 1 heterocycles. The van der Waals surface area contributed by atoms with Gasteiger partial charge in [-0.15, -0.1) is 11.3 Å². The van der Waals surface area contributed by atoms with E-state index in [0.29, 0.717) is 5.92 Å². The maximum absolute atomic E-state index is 5.67. The highest BCUT2D eigenvalue weighted by Crippen LogP contribution is 2.22. The number of hydrogen-bond acceptors (Lipinski definition) is 3. The molecular weight excluding hydrogens is 240 g/mol. The van der Waals surface area contributed by atoms with Crippen molar-refractivity contribution in [2.75, 3.05) is 0 Å². The van der Waals surface area contributed by atoms with Gasteiger partial charge in [0.05, 0.1) is 6.04 Å². The minimum absolute atomic E-state index is 0.185. The van der Waals surface area contributed by atoms with Crippen LogP contribution in [0.25, 0.3) is 0 Å². The average Bonchev–Trinajstić information content (AvgIpc) is 2.89. The van der Waals surface area contributed by atoms with Gasteiger partial charge in [-0.25, -0.2) is 0 Å². The Labute approximate surface area is 113 Å². The Morgan fingerprint density at radius 1 is 1.11 bits per heavy atom. The fourth-order valence-corrected chi connectivity index (χ4v) is 2.77. The molecule has 2 aromatic rings. The van der Waals surface area contributed by atoms with Gasteiger partial charge in [-0.1, -0.05) is 44.2 Å². The molecular formula is C15H20N2S. The Morgan fingerprint density at radius 2 is 1.78 bits per heavy atom. The van der Waals surface area contributed by atoms with Crippen LogP contribution < -0.4 is 11.3 Å². The summed E-state index contributed by atoms with van der Waals surface area (Å²) in [5.74, 6) is 6.24. The summed E-state index contributed by atoms with van der Waals surface area (Å²) in [7, 11) is 0. The summed E-state index contributed by atoms with van der Waals surface area (Å²) in [4.78, 5) is 1.35. The van der Waals surface area contributed by atoms with E-state index < -0.39 is 0 Å². The molecule has 3 N–H and O–H groups in total. The van der Waals surface area contributed by atoms with Crippen LogP contribution in [0.5, 0.6) is 0 Å². The van der Waals surface area contributed by atoms with Gasteiger partial charge in [0.1, 0.15) is 0 Å². The van der Waals surface area contributed by atoms with E-state index in [4.69, 9.17) is 5.84 Å². The highest BCUT2D eigenvalue weighted by Gasteiger charge is 2.11. The standard InChI is InChI=1S/C15H20N2S/c1-11(2)12-5-7-13(8-6-12)15(17-16)10-14-4-3-9-18-14/h3-9,11,15,17H,10,16H2,1-2H3. The van der Waals surface area contributed by atoms with E-state index in [1.165, 1.54) is 16.0 Å². The molecule has 1 aromatic heterocycles. The van der Waals surface area contributed by atoms with Gasteiger partial charge in [0, 0.05) is 11.3 Å². The molecule has 2 nitrogen and oxygen atoms in total. The number of nitrogens with one attached hydrogen (secondary N) is 1. The molecule has 1 aromatic carbocycles. The first-order valence-corrected chi connectivity index (χ1v) is 7.17. The summed E-state index contributed by atoms with van der Waals surface area (Å²) in [6.07, 6.45) is 0.940. The van der Waals surface area contributed by atoms with Gasteiger partial charge >= 0.3 is 0 Å². The molecule has 2 rings (SSSR count). The van der Waals surface area contributed by atoms with Crippen LogP contribution in [0, 0.1) is 0 Å². The van der Waals surface area contributed by atoms with Crippen LogP contribution in [0.15, 0.2) is 41.8 Å². The second-order valence-electron chi connectivity index (χ2n) is 4.82. The number of thiophene rings is 1. The van der Waals surface area contributed by atoms with E-state index >= 15 is 0 Å². The number of hydrazine groups is 1. The molecule has 18 heavy (non-hydrogen) atoms. The Kier molecular flexibility index (Phi) is 4.53. The molecule has 0 aliphatic heterocycles. The van der Waals surface area contributed by atoms with E-state index in [-0.39, 0.29) is 6.04 Å². The molecule has 0 saturated heterocycles. The zero-order chi connectivity index (χ0) is 13.0. The van der Waals surface area contributed by atoms with Crippen LogP contribution in [-0.2, 0) is 6.42 Å². The second-order valence-corrected chi connectivity index (χ2v) is 5.86. The van der Waals surface area contributed by atoms with Crippen LogP contribution in [0.2, 0.25) is 0 Å². The van der Waals surface area contributed by atoms with Crippen LogP contribution >= 0.6 is 11.3 Å². The molecule has 0 aliphatic carbocycles. The molecule has 0 fully saturated rings. The summed E-state index contributed by atoms with van der Waals surface area (Å²) >= 11 is 1.77. The molecule has 1 atom stereocenters. The van der Waals surface area contributed by atoms with Gasteiger partial charge in [0.15, 0.2) is 0 Å². The highest BCUT2D eigenvalue weighted by atomic mass is 32.1. The predicted molar refractivity (Wildman–Crippen MR) is 78.6 cm³/mol. The van der Waals surface area contributed by atoms with E-state index in [1.807, 2.05) is 0 Å². The zero-order valence-corrected chi connectivity index (χ0v) is 11.7. The van der Waals surface area contributed by atoms with Crippen molar-refractivity contribution in [1.29, 1.82) is 0 Å². The van der Waals surface area contributed by atoms with Gasteiger partial charge in [0.25, 0.3) is 0 Å². The number of nitrogens with two attached hydrogens (primary N) is 1. The van der Waals surface area contributed by atoms with Crippen molar-refractivity contribution in [2.45, 2.75) is 32.2 Å². The first-order valence-electron chi connectivity index (χ1n) is 6.29. The topological polar surface area (TPSA) is 38.0 Å². The van der Waals surface area contributed by atoms with Crippen molar-refractivity contribution >= 4 is 11.3 Å². The Morgan fingerprint density at radius 3 is 2.28 bits per heavy atom. The van der Waals surface area contributed by atoms with E-state index in [0.717, 1.165) is 6.42 Å². The molecule has 0 radical (unpaired) electrons. The van der Waals surface area contributed by atoms with Crippen LogP contribution in [0.4, 0.5) is 0 Å². The quantitative estimate of drug-likeness (QED) is 0.636. The first kappa shape index (κ1) is 13.3. The third-order valence-electron chi connectivity index (χ3n) is 3.19. The third kappa shape index (κ3) is 3.19. The molecule has 0 aliphatic rings. The van der Waals surface area contributed by atoms with Crippen molar-refractivity contribution in [3.8, 4) is 0 Å². The predicted octanol–water partition coefficient (Wildman–Crippen LogP) is 3.62. The normalized spacial score (nSPS) is 12.9. The molecule has 3 heteroatoms. The van der Waals surface area contributed by atoms with Crippen molar-refractivity contribution in [1.82, 2.24) is 5.43 Å². The van der Waals surface area contributed by atoms with Gasteiger partial charge in [-0.05, 0) is 28.5 Å². The maximum atomic E-state index is 5.67. The first-order chi connectivity index (χ1) is 8.70. The van der Waals surface area contributed by atoms with Gasteiger partial charge in [-0.2, -0.15) is 0 Å². The van der Waals surface area contributed by atoms with E-state index in [2.05, 4.69) is 61.1 Å². The Bertz CT molecular complexity index is 460. The lowest BCUT2D eigenvalue weighted by atomic mass is 9.98. The number of hydrogen-bond donors (Lipinski definition) is 2. The summed E-state index contributed by atoms with van der Waals surface area (Å²) < 4.78 is 0. The lowest BCUT2D eigenvalue weighted by molar-refractivity contribution is 0.555. The van der Waals surface area contributed by atoms with Crippen LogP contribution in [-0.4, -0.2) is 0 Å². The summed E-state index contributed by atoms with van der Waals surface area (Å²) in [5, 5.41) is 2.10. The van der Waals surface area contributed by atoms with Crippen molar-refractivity contribution in [3.63, 3.8) is 0 Å². The number of benzene rings is 1. The smallest absolute Gasteiger partial charge is 0.0508 e. The minimum Gasteiger partial charge on any atom is -0.271 e. The molecule has 96 valence electrons. The summed E-state index contributed by atoms with van der Waals surface area (Å²) in [6.45, 7) is 4.42. The Balaban J connectivity index is 2.12. The Hall–Kier alpha value is -1.16. The van der Waals surface area contributed by atoms with Crippen molar-refractivity contribution < 1.29 is 0 Å². The molecule has 0 spiro atoms. The van der Waals surface area contributed by atoms with Crippen molar-refractivity contribution in [2.24, 2.45) is 5.84 Å². The fraction of sp³-hybridized carbons (Fsp3) is 0.333. The van der Waals surface area contributed by atoms with Crippen LogP contribution in [0.3, 0.4) is 0 Å². The van der Waals surface area contributed by atoms with Gasteiger partial charge in [0.2, 0.25) is 0 Å². The lowest BCUT2D eigenvalue weighted by Gasteiger charge is -2.16. The van der Waals surface area contributed by atoms with Crippen LogP contribution in [0.1, 0.15) is 41.8 Å². The molecule has 0 saturated carbocycles. The summed E-state index contributed by atoms with van der Waals surface area (Å²) in [5.41, 5.74) is 5.52. The average molecular weight is 260 g/mol. The maximum Gasteiger partial charge on any atom is 0.0508 e. The van der Waals surface area contributed by atoms with Gasteiger partial charge in [-0.3, -0.25) is 11.3 Å². The largest absolute Gasteiger partial charge is 0.271 e. The number of rotatable bonds is 5. The third-order valence-corrected chi connectivity index (χ3v) is 4.09. The van der Waals surface area contributed by atoms with E-state index in [9.17, 15) is 0 Å². The molecule has 0 bridgehead atoms. The minimum atomic E-state index is 0.185. The van der Waals surface area contributed by atoms with Crippen molar-refractivity contribution in [3.05, 3.63) is 57.8 Å². The lowest BCUT2D eigenvalue weighted by Crippen LogP contribution is -2.29. The van der Waals surface area contributed by atoms with E-state index in [1.54, 1.807) is 11.3 Å². The zero-order valence-electron chi connectivity index (χ0n) is 10.9. The highest BCUT2D eigenvalue weighted by molar-refractivity contribution is 7.09. The monoisotopic (exact) mass is 260 g/mol. The molecule has 0 amide bonds.